The minimum Gasteiger partial charge on any atom is -0.507 e. The van der Waals surface area contributed by atoms with Crippen LogP contribution in [-0.2, 0) is 34.1 Å². The Bertz CT molecular complexity index is 830. The Morgan fingerprint density at radius 2 is 0.300 bits per heavy atom. The van der Waals surface area contributed by atoms with Gasteiger partial charge in [0, 0.05) is 34.1 Å². The van der Waals surface area contributed by atoms with Crippen LogP contribution in [0.1, 0.15) is 83.5 Å². The molecule has 0 heterocycles. The Balaban J connectivity index is -0.000000231. The molecule has 0 spiro atoms. The van der Waals surface area contributed by atoms with Gasteiger partial charge in [0.1, 0.15) is 17.2 Å². The van der Waals surface area contributed by atoms with Crippen molar-refractivity contribution in [2.75, 3.05) is 0 Å². The van der Waals surface area contributed by atoms with Crippen molar-refractivity contribution in [1.29, 1.82) is 0 Å². The van der Waals surface area contributed by atoms with Crippen LogP contribution in [0.25, 0.3) is 0 Å². The Kier molecular flexibility index (Phi) is 20.1. The van der Waals surface area contributed by atoms with E-state index >= 15 is 0 Å². The van der Waals surface area contributed by atoms with Crippen molar-refractivity contribution in [3.63, 3.8) is 0 Å². The van der Waals surface area contributed by atoms with Crippen molar-refractivity contribution in [1.82, 2.24) is 0 Å². The quantitative estimate of drug-likeness (QED) is 0.171. The number of phenolic OH excluding ortho intramolecular Hbond substituents is 3. The van der Waals surface area contributed by atoms with Gasteiger partial charge in [-0.1, -0.05) is 0 Å². The molecular weight excluding hydrogens is 578 g/mol. The molecule has 3 nitrogen and oxygen atoms in total. The van der Waals surface area contributed by atoms with Gasteiger partial charge in [-0.25, -0.2) is 0 Å². The molecule has 3 aromatic rings. The molecule has 0 aliphatic heterocycles. The fraction of sp³-hybridized carbons (Fsp3) is 0.429. The molecule has 0 amide bonds. The molecule has 0 saturated heterocycles. The summed E-state index contributed by atoms with van der Waals surface area (Å²) in [6.07, 6.45) is 0. The number of hydrogen-bond acceptors (Lipinski definition) is 3. The van der Waals surface area contributed by atoms with Gasteiger partial charge in [-0.3, -0.25) is 0 Å². The average Bonchev–Trinajstić information content (AvgIpc) is 2.87. The molecule has 0 saturated carbocycles. The van der Waals surface area contributed by atoms with Crippen LogP contribution in [0, 0.1) is 119 Å². The van der Waals surface area contributed by atoms with E-state index in [0.717, 1.165) is 33.4 Å². The maximum atomic E-state index is 9.69. The minimum absolute atomic E-state index is 0. The van der Waals surface area contributed by atoms with Gasteiger partial charge in [-0.2, -0.15) is 0 Å². The summed E-state index contributed by atoms with van der Waals surface area (Å²) in [7, 11) is 0. The molecule has 0 aromatic heterocycles. The molecule has 0 atom stereocenters. The molecule has 3 N–H and O–H groups in total. The Labute approximate surface area is 267 Å². The van der Waals surface area contributed by atoms with Crippen LogP contribution in [0.2, 0.25) is 0 Å². The van der Waals surface area contributed by atoms with Gasteiger partial charge in [0.15, 0.2) is 0 Å². The number of phenols is 3. The van der Waals surface area contributed by atoms with Gasteiger partial charge >= 0.3 is 0 Å². The monoisotopic (exact) mass is 632 g/mol. The molecule has 0 unspecified atom stereocenters. The first-order chi connectivity index (χ1) is 16.4. The molecule has 3 aromatic carbocycles. The Morgan fingerprint density at radius 3 is 0.400 bits per heavy atom. The molecule has 228 valence electrons. The molecular formula is C35H54Mn2O3-2. The van der Waals surface area contributed by atoms with E-state index in [4.69, 9.17) is 0 Å². The molecule has 3 rings (SSSR count). The predicted octanol–water partition coefficient (Wildman–Crippen LogP) is 9.70. The van der Waals surface area contributed by atoms with E-state index in [1.54, 1.807) is 0 Å². The first-order valence-corrected chi connectivity index (χ1v) is 12.7. The molecule has 0 aliphatic rings. The second-order valence-corrected chi connectivity index (χ2v) is 10.4. The summed E-state index contributed by atoms with van der Waals surface area (Å²) in [5, 5.41) is 29.1. The van der Waals surface area contributed by atoms with Crippen LogP contribution in [0.4, 0.5) is 0 Å². The van der Waals surface area contributed by atoms with Gasteiger partial charge in [0.2, 0.25) is 0 Å². The molecule has 40 heavy (non-hydrogen) atoms. The smallest absolute Gasteiger partial charge is 0.121 e. The van der Waals surface area contributed by atoms with E-state index in [2.05, 4.69) is 62.3 Å². The molecule has 0 aliphatic carbocycles. The fourth-order valence-electron chi connectivity index (χ4n) is 4.44. The summed E-state index contributed by atoms with van der Waals surface area (Å²) in [4.78, 5) is 0. The van der Waals surface area contributed by atoms with E-state index in [9.17, 15) is 15.3 Å². The maximum absolute atomic E-state index is 9.69. The first-order valence-electron chi connectivity index (χ1n) is 12.7. The van der Waals surface area contributed by atoms with Crippen molar-refractivity contribution in [2.45, 2.75) is 104 Å². The first kappa shape index (κ1) is 45.1. The Hall–Kier alpha value is -1.90. The summed E-state index contributed by atoms with van der Waals surface area (Å²) < 4.78 is 0. The second-order valence-electron chi connectivity index (χ2n) is 10.4. The van der Waals surface area contributed by atoms with Gasteiger partial charge in [-0.15, -0.1) is 0 Å². The molecule has 5 heteroatoms. The standard InChI is InChI=1S/3C11H16O.2CH3.2Mn/c3*1-6-7(2)9(4)11(12)10(5)8(6)3;;;;/h3*12H,1-5H3;2*1H3;;/q;;;2*-1;;. The van der Waals surface area contributed by atoms with E-state index in [1.807, 2.05) is 41.5 Å². The van der Waals surface area contributed by atoms with Crippen molar-refractivity contribution in [2.24, 2.45) is 0 Å². The molecule has 2 radical (unpaired) electrons. The van der Waals surface area contributed by atoms with Crippen molar-refractivity contribution in [3.05, 3.63) is 98.3 Å². The normalized spacial score (nSPS) is 9.38. The largest absolute Gasteiger partial charge is 0.507 e. The minimum atomic E-state index is 0. The summed E-state index contributed by atoms with van der Waals surface area (Å²) in [5.41, 5.74) is 17.2. The Morgan fingerprint density at radius 1 is 0.225 bits per heavy atom. The zero-order valence-corrected chi connectivity index (χ0v) is 30.5. The number of hydrogen-bond donors (Lipinski definition) is 3. The van der Waals surface area contributed by atoms with Crippen LogP contribution in [-0.4, -0.2) is 15.3 Å². The molecule has 0 bridgehead atoms. The summed E-state index contributed by atoms with van der Waals surface area (Å²) >= 11 is 0. The third-order valence-electron chi connectivity index (χ3n) is 8.88. The van der Waals surface area contributed by atoms with Crippen molar-refractivity contribution >= 4 is 0 Å². The van der Waals surface area contributed by atoms with Crippen LogP contribution in [0.3, 0.4) is 0 Å². The van der Waals surface area contributed by atoms with E-state index in [1.165, 1.54) is 50.1 Å². The van der Waals surface area contributed by atoms with Gasteiger partial charge in [-0.05, 0) is 187 Å². The molecule has 0 fully saturated rings. The van der Waals surface area contributed by atoms with Gasteiger partial charge < -0.3 is 30.2 Å². The zero-order valence-electron chi connectivity index (χ0n) is 28.1. The van der Waals surface area contributed by atoms with Crippen LogP contribution >= 0.6 is 0 Å². The van der Waals surface area contributed by atoms with Gasteiger partial charge in [0.05, 0.1) is 0 Å². The summed E-state index contributed by atoms with van der Waals surface area (Å²) in [6, 6.07) is 0. The van der Waals surface area contributed by atoms with Gasteiger partial charge in [0.25, 0.3) is 0 Å². The van der Waals surface area contributed by atoms with E-state index in [-0.39, 0.29) is 49.0 Å². The third-order valence-corrected chi connectivity index (χ3v) is 8.88. The maximum Gasteiger partial charge on any atom is 0.121 e. The van der Waals surface area contributed by atoms with Crippen molar-refractivity contribution < 1.29 is 49.5 Å². The number of benzene rings is 3. The van der Waals surface area contributed by atoms with Crippen LogP contribution in [0.15, 0.2) is 0 Å². The third kappa shape index (κ3) is 9.05. The van der Waals surface area contributed by atoms with E-state index < -0.39 is 0 Å². The number of aromatic hydroxyl groups is 3. The van der Waals surface area contributed by atoms with Crippen molar-refractivity contribution in [3.8, 4) is 17.2 Å². The van der Waals surface area contributed by atoms with E-state index in [0.29, 0.717) is 17.2 Å². The topological polar surface area (TPSA) is 60.7 Å². The summed E-state index contributed by atoms with van der Waals surface area (Å²) in [6.45, 7) is 30.4. The summed E-state index contributed by atoms with van der Waals surface area (Å²) in [5.74, 6) is 1.36. The average molecular weight is 633 g/mol. The predicted molar refractivity (Wildman–Crippen MR) is 168 cm³/mol. The number of rotatable bonds is 0. The fourth-order valence-corrected chi connectivity index (χ4v) is 4.44. The second kappa shape index (κ2) is 17.8. The SMILES string of the molecule is Cc1c(C)c(C)c(O)c(C)c1C.Cc1c(C)c(C)c(O)c(C)c1C.Cc1c(C)c(C)c(O)c(C)c1C.[CH3-].[CH3-].[Mn].[Mn]. The van der Waals surface area contributed by atoms with Crippen LogP contribution < -0.4 is 0 Å². The van der Waals surface area contributed by atoms with Crippen LogP contribution in [0.5, 0.6) is 17.2 Å². The zero-order chi connectivity index (χ0) is 28.4.